The normalized spacial score (nSPS) is 19.4. The van der Waals surface area contributed by atoms with Crippen molar-refractivity contribution >= 4 is 44.2 Å². The molecule has 3 aliphatic heterocycles. The second-order valence-electron chi connectivity index (χ2n) is 19.5. The minimum atomic E-state index is -0.283. The van der Waals surface area contributed by atoms with Gasteiger partial charge in [0.15, 0.2) is 0 Å². The van der Waals surface area contributed by atoms with Crippen LogP contribution in [0.25, 0.3) is 49.4 Å². The van der Waals surface area contributed by atoms with Gasteiger partial charge < -0.3 is 4.90 Å². The molecule has 0 saturated carbocycles. The molecular weight excluding hydrogens is 723 g/mol. The summed E-state index contributed by atoms with van der Waals surface area (Å²) in [4.78, 5) is 2.71. The number of hydrogen-bond donors (Lipinski definition) is 0. The van der Waals surface area contributed by atoms with Gasteiger partial charge in [0, 0.05) is 22.2 Å². The van der Waals surface area contributed by atoms with Crippen molar-refractivity contribution in [1.29, 1.82) is 0 Å². The molecule has 0 saturated heterocycles. The Morgan fingerprint density at radius 1 is 0.467 bits per heavy atom. The fraction of sp³-hybridized carbons (Fsp3) is 0.220. The summed E-state index contributed by atoms with van der Waals surface area (Å²) >= 11 is 0. The SMILES string of the molecule is CC1(C)c2cccc3c2N2c4c1cc(-c1ccc(C5=CCCC=C5)c5ccccc15)cc4C(C)(C)c1cc(-c4ccc(C5C=CC=CC5)c5ccccc45)cc(c12)C3(C)C. The van der Waals surface area contributed by atoms with Crippen molar-refractivity contribution in [1.82, 2.24) is 0 Å². The van der Waals surface area contributed by atoms with Crippen LogP contribution in [0.15, 0.2) is 158 Å². The molecule has 2 aliphatic carbocycles. The van der Waals surface area contributed by atoms with Gasteiger partial charge in [0.1, 0.15) is 0 Å². The molecule has 1 heteroatoms. The lowest BCUT2D eigenvalue weighted by Crippen LogP contribution is -2.43. The first-order chi connectivity index (χ1) is 29.0. The van der Waals surface area contributed by atoms with E-state index in [2.05, 4.69) is 204 Å². The lowest BCUT2D eigenvalue weighted by atomic mass is 9.60. The van der Waals surface area contributed by atoms with Crippen molar-refractivity contribution in [2.45, 2.75) is 83.0 Å². The molecule has 0 radical (unpaired) electrons. The molecule has 292 valence electrons. The van der Waals surface area contributed by atoms with Gasteiger partial charge in [0.2, 0.25) is 0 Å². The van der Waals surface area contributed by atoms with Crippen LogP contribution in [0.5, 0.6) is 0 Å². The summed E-state index contributed by atoms with van der Waals surface area (Å²) in [5.41, 5.74) is 21.2. The van der Waals surface area contributed by atoms with Gasteiger partial charge in [-0.05, 0) is 137 Å². The van der Waals surface area contributed by atoms with Gasteiger partial charge in [-0.3, -0.25) is 0 Å². The first-order valence-electron chi connectivity index (χ1n) is 22.1. The van der Waals surface area contributed by atoms with E-state index in [0.29, 0.717) is 5.92 Å². The molecule has 1 atom stereocenters. The van der Waals surface area contributed by atoms with Gasteiger partial charge in [-0.25, -0.2) is 0 Å². The van der Waals surface area contributed by atoms with Crippen LogP contribution in [0, 0.1) is 0 Å². The van der Waals surface area contributed by atoms with E-state index in [9.17, 15) is 0 Å². The highest BCUT2D eigenvalue weighted by Crippen LogP contribution is 2.67. The van der Waals surface area contributed by atoms with E-state index in [1.807, 2.05) is 0 Å². The van der Waals surface area contributed by atoms with Crippen molar-refractivity contribution in [3.05, 3.63) is 202 Å². The van der Waals surface area contributed by atoms with Crippen LogP contribution < -0.4 is 4.90 Å². The maximum Gasteiger partial charge on any atom is 0.0544 e. The molecule has 7 aromatic rings. The minimum Gasteiger partial charge on any atom is -0.309 e. The van der Waals surface area contributed by atoms with Crippen LogP contribution in [-0.4, -0.2) is 0 Å². The summed E-state index contributed by atoms with van der Waals surface area (Å²) in [6, 6.07) is 45.1. The molecule has 1 unspecified atom stereocenters. The molecule has 0 bridgehead atoms. The third kappa shape index (κ3) is 4.75. The minimum absolute atomic E-state index is 0.207. The number of anilines is 3. The van der Waals surface area contributed by atoms with Crippen LogP contribution in [0.1, 0.15) is 111 Å². The number of allylic oxidation sites excluding steroid dienone is 8. The summed E-state index contributed by atoms with van der Waals surface area (Å²) in [5, 5.41) is 5.31. The Kier molecular flexibility index (Phi) is 7.40. The number of benzene rings is 7. The smallest absolute Gasteiger partial charge is 0.0544 e. The van der Waals surface area contributed by atoms with Crippen LogP contribution in [0.4, 0.5) is 17.1 Å². The summed E-state index contributed by atoms with van der Waals surface area (Å²) in [6.07, 6.45) is 19.3. The van der Waals surface area contributed by atoms with Crippen LogP contribution in [0.2, 0.25) is 0 Å². The first-order valence-corrected chi connectivity index (χ1v) is 22.1. The van der Waals surface area contributed by atoms with E-state index in [-0.39, 0.29) is 16.2 Å². The molecule has 1 nitrogen and oxygen atoms in total. The Labute approximate surface area is 355 Å². The van der Waals surface area contributed by atoms with Gasteiger partial charge >= 0.3 is 0 Å². The summed E-state index contributed by atoms with van der Waals surface area (Å²) in [6.45, 7) is 14.8. The number of para-hydroxylation sites is 1. The van der Waals surface area contributed by atoms with E-state index in [1.54, 1.807) is 0 Å². The molecular formula is C59H51N. The highest BCUT2D eigenvalue weighted by Gasteiger charge is 2.52. The van der Waals surface area contributed by atoms with Crippen molar-refractivity contribution < 1.29 is 0 Å². The maximum absolute atomic E-state index is 2.71. The standard InChI is InChI=1S/C59H51N/c1-57(2)48-26-17-27-49-54(48)60-55-50(57)32-38(42-30-28-40(36-18-9-7-10-19-36)44-22-13-15-24-46(42)44)34-52(55)59(5,6)53-35-39(33-51(56(53)60)58(49,3)4)43-31-29-41(37-20-11-8-12-21-37)45-23-14-16-25-47(43)45/h7,9-11,13-18,20-36H,8,12,19H2,1-6H3. The zero-order valence-electron chi connectivity index (χ0n) is 35.7. The van der Waals surface area contributed by atoms with Crippen molar-refractivity contribution in [2.24, 2.45) is 0 Å². The third-order valence-electron chi connectivity index (χ3n) is 15.2. The molecule has 12 rings (SSSR count). The van der Waals surface area contributed by atoms with Gasteiger partial charge in [0.05, 0.1) is 17.1 Å². The van der Waals surface area contributed by atoms with Crippen molar-refractivity contribution in [2.75, 3.05) is 4.90 Å². The van der Waals surface area contributed by atoms with Crippen LogP contribution in [0.3, 0.4) is 0 Å². The Morgan fingerprint density at radius 2 is 0.967 bits per heavy atom. The Bertz CT molecular complexity index is 3160. The van der Waals surface area contributed by atoms with E-state index >= 15 is 0 Å². The molecule has 5 aliphatic rings. The molecule has 0 fully saturated rings. The first kappa shape index (κ1) is 35.7. The number of rotatable bonds is 4. The molecule has 0 spiro atoms. The largest absolute Gasteiger partial charge is 0.309 e. The van der Waals surface area contributed by atoms with E-state index in [0.717, 1.165) is 19.3 Å². The van der Waals surface area contributed by atoms with Gasteiger partial charge in [-0.2, -0.15) is 0 Å². The number of fused-ring (bicyclic) bond motifs is 2. The fourth-order valence-corrected chi connectivity index (χ4v) is 11.9. The third-order valence-corrected chi connectivity index (χ3v) is 15.2. The van der Waals surface area contributed by atoms with E-state index < -0.39 is 0 Å². The summed E-state index contributed by atoms with van der Waals surface area (Å²) in [7, 11) is 0. The Balaban J connectivity index is 1.13. The van der Waals surface area contributed by atoms with Crippen molar-refractivity contribution in [3.63, 3.8) is 0 Å². The maximum atomic E-state index is 2.71. The summed E-state index contributed by atoms with van der Waals surface area (Å²) in [5.74, 6) is 0.389. The topological polar surface area (TPSA) is 3.24 Å². The summed E-state index contributed by atoms with van der Waals surface area (Å²) < 4.78 is 0. The Hall–Kier alpha value is -6.18. The highest BCUT2D eigenvalue weighted by molar-refractivity contribution is 6.07. The lowest BCUT2D eigenvalue weighted by Gasteiger charge is -2.55. The van der Waals surface area contributed by atoms with Gasteiger partial charge in [0.25, 0.3) is 0 Å². The molecule has 3 heterocycles. The Morgan fingerprint density at radius 3 is 1.52 bits per heavy atom. The van der Waals surface area contributed by atoms with Crippen molar-refractivity contribution in [3.8, 4) is 22.3 Å². The fourth-order valence-electron chi connectivity index (χ4n) is 11.9. The molecule has 0 aromatic heterocycles. The second-order valence-corrected chi connectivity index (χ2v) is 19.5. The zero-order chi connectivity index (χ0) is 40.7. The van der Waals surface area contributed by atoms with Gasteiger partial charge in [-0.1, -0.05) is 175 Å². The molecule has 60 heavy (non-hydrogen) atoms. The van der Waals surface area contributed by atoms with Crippen LogP contribution in [-0.2, 0) is 16.2 Å². The second kappa shape index (κ2) is 12.4. The molecule has 0 N–H and O–H groups in total. The predicted molar refractivity (Wildman–Crippen MR) is 255 cm³/mol. The quantitative estimate of drug-likeness (QED) is 0.172. The monoisotopic (exact) mass is 773 g/mol. The average molecular weight is 774 g/mol. The molecule has 7 aromatic carbocycles. The number of hydrogen-bond acceptors (Lipinski definition) is 1. The van der Waals surface area contributed by atoms with Crippen LogP contribution >= 0.6 is 0 Å². The van der Waals surface area contributed by atoms with E-state index in [4.69, 9.17) is 0 Å². The predicted octanol–water partition coefficient (Wildman–Crippen LogP) is 16.0. The van der Waals surface area contributed by atoms with E-state index in [1.165, 1.54) is 111 Å². The average Bonchev–Trinajstić information content (AvgIpc) is 3.28. The lowest BCUT2D eigenvalue weighted by molar-refractivity contribution is 0.567. The highest BCUT2D eigenvalue weighted by atomic mass is 15.2. The molecule has 0 amide bonds. The zero-order valence-corrected chi connectivity index (χ0v) is 35.7. The number of nitrogens with zero attached hydrogens (tertiary/aromatic N) is 1. The van der Waals surface area contributed by atoms with Gasteiger partial charge in [-0.15, -0.1) is 0 Å².